The Bertz CT molecular complexity index is 607. The summed E-state index contributed by atoms with van der Waals surface area (Å²) in [7, 11) is 0. The van der Waals surface area contributed by atoms with Gasteiger partial charge in [-0.15, -0.1) is 0 Å². The average molecular weight is 299 g/mol. The molecule has 2 aromatic rings. The first kappa shape index (κ1) is 14.5. The zero-order chi connectivity index (χ0) is 15.2. The highest BCUT2D eigenvalue weighted by atomic mass is 16.5. The van der Waals surface area contributed by atoms with Gasteiger partial charge in [0.1, 0.15) is 17.5 Å². The highest BCUT2D eigenvalue weighted by molar-refractivity contribution is 5.92. The van der Waals surface area contributed by atoms with E-state index in [0.29, 0.717) is 32.0 Å². The maximum atomic E-state index is 12.5. The Morgan fingerprint density at radius 1 is 1.27 bits per heavy atom. The molecule has 3 rings (SSSR count). The van der Waals surface area contributed by atoms with Crippen molar-refractivity contribution in [3.63, 3.8) is 0 Å². The van der Waals surface area contributed by atoms with Gasteiger partial charge >= 0.3 is 0 Å². The molecule has 22 heavy (non-hydrogen) atoms. The van der Waals surface area contributed by atoms with Crippen molar-refractivity contribution in [3.8, 4) is 5.75 Å². The maximum absolute atomic E-state index is 12.5. The number of nitrogens with zero attached hydrogens (tertiary/aromatic N) is 3. The molecule has 1 aliphatic rings. The first-order valence-electron chi connectivity index (χ1n) is 7.17. The fraction of sp³-hybridized carbons (Fsp3) is 0.312. The SMILES string of the molecule is O=C(c1cnccn1)N1CCOC[C@H](Oc2ccccc2)C1. The quantitative estimate of drug-likeness (QED) is 0.857. The number of hydrogen-bond acceptors (Lipinski definition) is 5. The Balaban J connectivity index is 1.69. The number of amides is 1. The normalized spacial score (nSPS) is 18.5. The summed E-state index contributed by atoms with van der Waals surface area (Å²) in [5.41, 5.74) is 0.336. The van der Waals surface area contributed by atoms with Crippen LogP contribution in [0, 0.1) is 0 Å². The van der Waals surface area contributed by atoms with E-state index in [4.69, 9.17) is 9.47 Å². The van der Waals surface area contributed by atoms with Crippen LogP contribution in [-0.4, -0.2) is 53.2 Å². The lowest BCUT2D eigenvalue weighted by molar-refractivity contribution is 0.0648. The molecule has 0 radical (unpaired) electrons. The molecule has 6 nitrogen and oxygen atoms in total. The second-order valence-corrected chi connectivity index (χ2v) is 4.97. The molecule has 2 heterocycles. The van der Waals surface area contributed by atoms with E-state index in [-0.39, 0.29) is 12.0 Å². The van der Waals surface area contributed by atoms with E-state index in [9.17, 15) is 4.79 Å². The van der Waals surface area contributed by atoms with Gasteiger partial charge in [0, 0.05) is 18.9 Å². The lowest BCUT2D eigenvalue weighted by atomic mass is 10.3. The molecule has 1 fully saturated rings. The lowest BCUT2D eigenvalue weighted by Crippen LogP contribution is -2.40. The molecule has 114 valence electrons. The summed E-state index contributed by atoms with van der Waals surface area (Å²) in [4.78, 5) is 22.2. The minimum Gasteiger partial charge on any atom is -0.486 e. The van der Waals surface area contributed by atoms with E-state index in [2.05, 4.69) is 9.97 Å². The zero-order valence-electron chi connectivity index (χ0n) is 12.1. The fourth-order valence-electron chi connectivity index (χ4n) is 2.30. The molecule has 1 aliphatic heterocycles. The van der Waals surface area contributed by atoms with Crippen molar-refractivity contribution in [2.45, 2.75) is 6.10 Å². The van der Waals surface area contributed by atoms with E-state index < -0.39 is 0 Å². The standard InChI is InChI=1S/C16H17N3O3/c20-16(15-10-17-6-7-18-15)19-8-9-21-12-14(11-19)22-13-4-2-1-3-5-13/h1-7,10,14H,8-9,11-12H2/t14-/m1/s1. The second kappa shape index (κ2) is 7.00. The van der Waals surface area contributed by atoms with Gasteiger partial charge in [0.15, 0.2) is 0 Å². The molecule has 0 saturated carbocycles. The first-order valence-corrected chi connectivity index (χ1v) is 7.17. The minimum atomic E-state index is -0.203. The number of rotatable bonds is 3. The predicted molar refractivity (Wildman–Crippen MR) is 79.6 cm³/mol. The van der Waals surface area contributed by atoms with Gasteiger partial charge in [0.05, 0.1) is 26.0 Å². The lowest BCUT2D eigenvalue weighted by Gasteiger charge is -2.23. The Kier molecular flexibility index (Phi) is 4.60. The number of carbonyl (C=O) groups is 1. The van der Waals surface area contributed by atoms with Crippen LogP contribution in [0.25, 0.3) is 0 Å². The van der Waals surface area contributed by atoms with Crippen molar-refractivity contribution in [1.29, 1.82) is 0 Å². The smallest absolute Gasteiger partial charge is 0.274 e. The Labute approximate surface area is 128 Å². The largest absolute Gasteiger partial charge is 0.486 e. The van der Waals surface area contributed by atoms with E-state index >= 15 is 0 Å². The molecule has 0 spiro atoms. The summed E-state index contributed by atoms with van der Waals surface area (Å²) in [6, 6.07) is 9.53. The molecule has 6 heteroatoms. The van der Waals surface area contributed by atoms with Gasteiger partial charge in [-0.3, -0.25) is 9.78 Å². The van der Waals surface area contributed by atoms with Crippen molar-refractivity contribution in [2.24, 2.45) is 0 Å². The van der Waals surface area contributed by atoms with Crippen LogP contribution in [-0.2, 0) is 4.74 Å². The topological polar surface area (TPSA) is 64.6 Å². The molecule has 1 aromatic carbocycles. The third-order valence-corrected chi connectivity index (χ3v) is 3.35. The average Bonchev–Trinajstić information content (AvgIpc) is 2.81. The molecule has 0 aliphatic carbocycles. The molecular weight excluding hydrogens is 282 g/mol. The fourth-order valence-corrected chi connectivity index (χ4v) is 2.30. The highest BCUT2D eigenvalue weighted by Gasteiger charge is 2.25. The van der Waals surface area contributed by atoms with Gasteiger partial charge in [0.25, 0.3) is 5.91 Å². The van der Waals surface area contributed by atoms with Crippen LogP contribution in [0.1, 0.15) is 10.5 Å². The summed E-state index contributed by atoms with van der Waals surface area (Å²) in [5, 5.41) is 0. The molecular formula is C16H17N3O3. The Morgan fingerprint density at radius 2 is 2.14 bits per heavy atom. The number of benzene rings is 1. The number of hydrogen-bond donors (Lipinski definition) is 0. The number of carbonyl (C=O) groups excluding carboxylic acids is 1. The molecule has 1 saturated heterocycles. The highest BCUT2D eigenvalue weighted by Crippen LogP contribution is 2.14. The van der Waals surface area contributed by atoms with Gasteiger partial charge in [-0.2, -0.15) is 0 Å². The summed E-state index contributed by atoms with van der Waals surface area (Å²) in [5.74, 6) is 0.616. The van der Waals surface area contributed by atoms with E-state index in [1.54, 1.807) is 11.1 Å². The van der Waals surface area contributed by atoms with Gasteiger partial charge in [-0.1, -0.05) is 18.2 Å². The van der Waals surface area contributed by atoms with Crippen molar-refractivity contribution in [1.82, 2.24) is 14.9 Å². The van der Waals surface area contributed by atoms with Gasteiger partial charge in [0.2, 0.25) is 0 Å². The predicted octanol–water partition coefficient (Wildman–Crippen LogP) is 1.40. The summed E-state index contributed by atoms with van der Waals surface area (Å²) in [6.45, 7) is 1.92. The first-order chi connectivity index (χ1) is 10.8. The van der Waals surface area contributed by atoms with Crippen LogP contribution in [0.3, 0.4) is 0 Å². The van der Waals surface area contributed by atoms with Crippen molar-refractivity contribution < 1.29 is 14.3 Å². The van der Waals surface area contributed by atoms with E-state index in [0.717, 1.165) is 5.75 Å². The minimum absolute atomic E-state index is 0.153. The molecule has 0 unspecified atom stereocenters. The van der Waals surface area contributed by atoms with Crippen molar-refractivity contribution >= 4 is 5.91 Å². The summed E-state index contributed by atoms with van der Waals surface area (Å²) < 4.78 is 11.4. The monoisotopic (exact) mass is 299 g/mol. The van der Waals surface area contributed by atoms with Gasteiger partial charge in [-0.25, -0.2) is 4.98 Å². The van der Waals surface area contributed by atoms with Crippen LogP contribution >= 0.6 is 0 Å². The van der Waals surface area contributed by atoms with Crippen LogP contribution < -0.4 is 4.74 Å². The van der Waals surface area contributed by atoms with Crippen LogP contribution in [0.4, 0.5) is 0 Å². The third-order valence-electron chi connectivity index (χ3n) is 3.35. The van der Waals surface area contributed by atoms with Crippen molar-refractivity contribution in [3.05, 3.63) is 54.6 Å². The van der Waals surface area contributed by atoms with E-state index in [1.165, 1.54) is 12.4 Å². The van der Waals surface area contributed by atoms with Crippen LogP contribution in [0.15, 0.2) is 48.9 Å². The molecule has 1 amide bonds. The third kappa shape index (κ3) is 3.59. The summed E-state index contributed by atoms with van der Waals surface area (Å²) in [6.07, 6.45) is 4.33. The van der Waals surface area contributed by atoms with Gasteiger partial charge < -0.3 is 14.4 Å². The molecule has 1 aromatic heterocycles. The van der Waals surface area contributed by atoms with Crippen molar-refractivity contribution in [2.75, 3.05) is 26.3 Å². The Morgan fingerprint density at radius 3 is 2.91 bits per heavy atom. The Hall–Kier alpha value is -2.47. The maximum Gasteiger partial charge on any atom is 0.274 e. The molecule has 0 N–H and O–H groups in total. The van der Waals surface area contributed by atoms with Gasteiger partial charge in [-0.05, 0) is 12.1 Å². The van der Waals surface area contributed by atoms with Crippen LogP contribution in [0.5, 0.6) is 5.75 Å². The number of para-hydroxylation sites is 1. The number of ether oxygens (including phenoxy) is 2. The van der Waals surface area contributed by atoms with E-state index in [1.807, 2.05) is 30.3 Å². The van der Waals surface area contributed by atoms with Crippen LogP contribution in [0.2, 0.25) is 0 Å². The molecule has 0 bridgehead atoms. The zero-order valence-corrected chi connectivity index (χ0v) is 12.1. The molecule has 1 atom stereocenters. The second-order valence-electron chi connectivity index (χ2n) is 4.97. The number of aromatic nitrogens is 2. The summed E-state index contributed by atoms with van der Waals surface area (Å²) >= 11 is 0.